The second kappa shape index (κ2) is 8.67. The Morgan fingerprint density at radius 3 is 2.55 bits per heavy atom. The van der Waals surface area contributed by atoms with E-state index in [0.29, 0.717) is 18.0 Å². The highest BCUT2D eigenvalue weighted by molar-refractivity contribution is 5.80. The van der Waals surface area contributed by atoms with Crippen LogP contribution < -0.4 is 10.6 Å². The number of nitrogens with zero attached hydrogens (tertiary/aromatic N) is 1. The van der Waals surface area contributed by atoms with Gasteiger partial charge in [-0.2, -0.15) is 0 Å². The molecule has 1 aromatic rings. The smallest absolute Gasteiger partial charge is 0.191 e. The van der Waals surface area contributed by atoms with Gasteiger partial charge in [-0.15, -0.1) is 0 Å². The third-order valence-corrected chi connectivity index (χ3v) is 3.57. The summed E-state index contributed by atoms with van der Waals surface area (Å²) in [6.07, 6.45) is 3.61. The fraction of sp³-hybridized carbons (Fsp3) is 0.688. The van der Waals surface area contributed by atoms with E-state index in [1.807, 2.05) is 12.1 Å². The van der Waals surface area contributed by atoms with Crippen LogP contribution in [0.4, 0.5) is 0 Å². The van der Waals surface area contributed by atoms with Crippen LogP contribution in [0.2, 0.25) is 0 Å². The van der Waals surface area contributed by atoms with Gasteiger partial charge in [0.1, 0.15) is 5.76 Å². The van der Waals surface area contributed by atoms with Gasteiger partial charge in [0.15, 0.2) is 5.96 Å². The van der Waals surface area contributed by atoms with Gasteiger partial charge in [-0.05, 0) is 38.3 Å². The lowest BCUT2D eigenvalue weighted by atomic mass is 10.1. The summed E-state index contributed by atoms with van der Waals surface area (Å²) in [4.78, 5) is 4.64. The zero-order valence-corrected chi connectivity index (χ0v) is 13.4. The van der Waals surface area contributed by atoms with Gasteiger partial charge in [-0.1, -0.05) is 20.8 Å². The van der Waals surface area contributed by atoms with Crippen LogP contribution >= 0.6 is 0 Å². The predicted octanol–water partition coefficient (Wildman–Crippen LogP) is 3.20. The topological polar surface area (TPSA) is 49.6 Å². The van der Waals surface area contributed by atoms with Crippen molar-refractivity contribution in [1.29, 1.82) is 0 Å². The standard InChI is InChI=1S/C16H29N3O/c1-6-13(4)18-16(19-14(5)12(2)3)17-10-9-15-8-7-11-20-15/h7-8,11-14H,6,9-10H2,1-5H3,(H2,17,18,19). The Hall–Kier alpha value is -1.45. The first kappa shape index (κ1) is 16.6. The van der Waals surface area contributed by atoms with Crippen molar-refractivity contribution in [3.63, 3.8) is 0 Å². The summed E-state index contributed by atoms with van der Waals surface area (Å²) < 4.78 is 5.33. The molecule has 0 bridgehead atoms. The maximum atomic E-state index is 5.33. The number of hydrogen-bond donors (Lipinski definition) is 2. The van der Waals surface area contributed by atoms with E-state index < -0.39 is 0 Å². The van der Waals surface area contributed by atoms with E-state index in [4.69, 9.17) is 4.42 Å². The van der Waals surface area contributed by atoms with E-state index in [-0.39, 0.29) is 0 Å². The number of rotatable bonds is 7. The quantitative estimate of drug-likeness (QED) is 0.595. The molecule has 0 spiro atoms. The maximum absolute atomic E-state index is 5.33. The molecular formula is C16H29N3O. The van der Waals surface area contributed by atoms with E-state index in [1.165, 1.54) is 0 Å². The summed E-state index contributed by atoms with van der Waals surface area (Å²) in [6.45, 7) is 11.7. The molecule has 2 unspecified atom stereocenters. The van der Waals surface area contributed by atoms with Crippen LogP contribution in [0.5, 0.6) is 0 Å². The first-order chi connectivity index (χ1) is 9.52. The van der Waals surface area contributed by atoms with Crippen molar-refractivity contribution >= 4 is 5.96 Å². The lowest BCUT2D eigenvalue weighted by Crippen LogP contribution is -2.47. The van der Waals surface area contributed by atoms with Crippen LogP contribution in [0, 0.1) is 5.92 Å². The predicted molar refractivity (Wildman–Crippen MR) is 85.0 cm³/mol. The van der Waals surface area contributed by atoms with E-state index >= 15 is 0 Å². The van der Waals surface area contributed by atoms with Crippen LogP contribution in [-0.2, 0) is 6.42 Å². The highest BCUT2D eigenvalue weighted by Gasteiger charge is 2.10. The van der Waals surface area contributed by atoms with Crippen molar-refractivity contribution in [3.05, 3.63) is 24.2 Å². The van der Waals surface area contributed by atoms with E-state index in [0.717, 1.165) is 31.1 Å². The van der Waals surface area contributed by atoms with Crippen molar-refractivity contribution in [2.45, 2.75) is 59.5 Å². The molecule has 0 aliphatic heterocycles. The van der Waals surface area contributed by atoms with E-state index in [9.17, 15) is 0 Å². The van der Waals surface area contributed by atoms with Crippen LogP contribution in [0.3, 0.4) is 0 Å². The third-order valence-electron chi connectivity index (χ3n) is 3.57. The van der Waals surface area contributed by atoms with Gasteiger partial charge in [-0.3, -0.25) is 4.99 Å². The minimum atomic E-state index is 0.397. The number of hydrogen-bond acceptors (Lipinski definition) is 2. The minimum absolute atomic E-state index is 0.397. The molecule has 0 aliphatic carbocycles. The van der Waals surface area contributed by atoms with Gasteiger partial charge in [0.2, 0.25) is 0 Å². The number of aliphatic imine (C=N–C) groups is 1. The summed E-state index contributed by atoms with van der Waals surface area (Å²) in [6, 6.07) is 4.72. The van der Waals surface area contributed by atoms with Gasteiger partial charge in [-0.25, -0.2) is 0 Å². The van der Waals surface area contributed by atoms with Gasteiger partial charge in [0, 0.05) is 25.0 Å². The van der Waals surface area contributed by atoms with E-state index in [2.05, 4.69) is 50.2 Å². The molecule has 0 aliphatic rings. The first-order valence-corrected chi connectivity index (χ1v) is 7.62. The first-order valence-electron chi connectivity index (χ1n) is 7.62. The molecule has 114 valence electrons. The van der Waals surface area contributed by atoms with Crippen molar-refractivity contribution in [2.75, 3.05) is 6.54 Å². The Balaban J connectivity index is 2.55. The summed E-state index contributed by atoms with van der Waals surface area (Å²) >= 11 is 0. The number of guanidine groups is 1. The van der Waals surface area contributed by atoms with Crippen LogP contribution in [0.25, 0.3) is 0 Å². The lowest BCUT2D eigenvalue weighted by Gasteiger charge is -2.23. The summed E-state index contributed by atoms with van der Waals surface area (Å²) in [5.74, 6) is 2.45. The zero-order valence-electron chi connectivity index (χ0n) is 13.4. The molecule has 0 fully saturated rings. The summed E-state index contributed by atoms with van der Waals surface area (Å²) in [7, 11) is 0. The molecule has 0 aromatic carbocycles. The van der Waals surface area contributed by atoms with E-state index in [1.54, 1.807) is 6.26 Å². The van der Waals surface area contributed by atoms with Gasteiger partial charge < -0.3 is 15.1 Å². The monoisotopic (exact) mass is 279 g/mol. The molecule has 0 amide bonds. The Bertz CT molecular complexity index is 384. The SMILES string of the molecule is CCC(C)NC(=NCCc1ccco1)NC(C)C(C)C. The molecule has 4 heteroatoms. The van der Waals surface area contributed by atoms with Gasteiger partial charge >= 0.3 is 0 Å². The van der Waals surface area contributed by atoms with Crippen LogP contribution in [0.1, 0.15) is 46.8 Å². The number of furan rings is 1. The van der Waals surface area contributed by atoms with Gasteiger partial charge in [0.05, 0.1) is 6.26 Å². The molecule has 0 saturated heterocycles. The van der Waals surface area contributed by atoms with Crippen LogP contribution in [-0.4, -0.2) is 24.6 Å². The lowest BCUT2D eigenvalue weighted by molar-refractivity contribution is 0.474. The minimum Gasteiger partial charge on any atom is -0.469 e. The third kappa shape index (κ3) is 6.13. The van der Waals surface area contributed by atoms with Crippen molar-refractivity contribution < 1.29 is 4.42 Å². The summed E-state index contributed by atoms with van der Waals surface area (Å²) in [5, 5.41) is 6.91. The average Bonchev–Trinajstić information content (AvgIpc) is 2.91. The number of nitrogens with one attached hydrogen (secondary N) is 2. The molecule has 1 aromatic heterocycles. The fourth-order valence-corrected chi connectivity index (χ4v) is 1.58. The molecule has 1 rings (SSSR count). The molecule has 20 heavy (non-hydrogen) atoms. The molecule has 0 radical (unpaired) electrons. The normalized spacial score (nSPS) is 15.2. The molecular weight excluding hydrogens is 250 g/mol. The Morgan fingerprint density at radius 2 is 2.00 bits per heavy atom. The second-order valence-electron chi connectivity index (χ2n) is 5.69. The highest BCUT2D eigenvalue weighted by Crippen LogP contribution is 2.02. The van der Waals surface area contributed by atoms with Crippen molar-refractivity contribution in [3.8, 4) is 0 Å². The Morgan fingerprint density at radius 1 is 1.25 bits per heavy atom. The molecule has 0 saturated carbocycles. The highest BCUT2D eigenvalue weighted by atomic mass is 16.3. The molecule has 1 heterocycles. The molecule has 4 nitrogen and oxygen atoms in total. The van der Waals surface area contributed by atoms with Gasteiger partial charge in [0.25, 0.3) is 0 Å². The van der Waals surface area contributed by atoms with Crippen LogP contribution in [0.15, 0.2) is 27.8 Å². The average molecular weight is 279 g/mol. The Kier molecular flexibility index (Phi) is 7.20. The summed E-state index contributed by atoms with van der Waals surface area (Å²) in [5.41, 5.74) is 0. The zero-order chi connectivity index (χ0) is 15.0. The molecule has 2 atom stereocenters. The Labute approximate surface area is 123 Å². The largest absolute Gasteiger partial charge is 0.469 e. The van der Waals surface area contributed by atoms with Crippen molar-refractivity contribution in [1.82, 2.24) is 10.6 Å². The maximum Gasteiger partial charge on any atom is 0.191 e. The van der Waals surface area contributed by atoms with Crippen molar-refractivity contribution in [2.24, 2.45) is 10.9 Å². The fourth-order valence-electron chi connectivity index (χ4n) is 1.58. The molecule has 2 N–H and O–H groups in total. The second-order valence-corrected chi connectivity index (χ2v) is 5.69.